The Morgan fingerprint density at radius 3 is 2.94 bits per heavy atom. The first kappa shape index (κ1) is 10.3. The van der Waals surface area contributed by atoms with Crippen LogP contribution < -0.4 is 10.6 Å². The molecule has 1 atom stereocenters. The van der Waals surface area contributed by atoms with Crippen LogP contribution in [-0.4, -0.2) is 19.1 Å². The first-order chi connectivity index (χ1) is 7.93. The maximum atomic E-state index is 3.69. The quantitative estimate of drug-likeness (QED) is 0.807. The molecule has 0 radical (unpaired) electrons. The van der Waals surface area contributed by atoms with Crippen LogP contribution in [0, 0.1) is 0 Å². The van der Waals surface area contributed by atoms with E-state index in [0.717, 1.165) is 25.7 Å². The fourth-order valence-corrected chi connectivity index (χ4v) is 2.69. The van der Waals surface area contributed by atoms with Crippen molar-refractivity contribution in [1.82, 2.24) is 10.6 Å². The van der Waals surface area contributed by atoms with Crippen LogP contribution in [0.2, 0.25) is 0 Å². The summed E-state index contributed by atoms with van der Waals surface area (Å²) in [5.41, 5.74) is 3.03. The Morgan fingerprint density at radius 1 is 1.25 bits per heavy atom. The van der Waals surface area contributed by atoms with E-state index in [0.29, 0.717) is 5.92 Å². The molecule has 2 heteroatoms. The molecule has 1 saturated carbocycles. The van der Waals surface area contributed by atoms with Gasteiger partial charge in [-0.25, -0.2) is 0 Å². The van der Waals surface area contributed by atoms with Gasteiger partial charge >= 0.3 is 0 Å². The molecular weight excluding hydrogens is 196 g/mol. The summed E-state index contributed by atoms with van der Waals surface area (Å²) < 4.78 is 0. The third-order valence-electron chi connectivity index (χ3n) is 3.96. The average Bonchev–Trinajstić information content (AvgIpc) is 2.27. The number of hydrogen-bond acceptors (Lipinski definition) is 2. The van der Waals surface area contributed by atoms with Gasteiger partial charge in [0, 0.05) is 31.6 Å². The molecule has 0 spiro atoms. The summed E-state index contributed by atoms with van der Waals surface area (Å²) in [6.45, 7) is 3.29. The molecule has 86 valence electrons. The molecule has 1 aliphatic carbocycles. The Balaban J connectivity index is 1.66. The predicted molar refractivity (Wildman–Crippen MR) is 66.5 cm³/mol. The highest BCUT2D eigenvalue weighted by atomic mass is 15.0. The highest BCUT2D eigenvalue weighted by Crippen LogP contribution is 2.24. The molecule has 0 saturated heterocycles. The summed E-state index contributed by atoms with van der Waals surface area (Å²) in [6, 6.07) is 9.65. The predicted octanol–water partition coefficient (Wildman–Crippen LogP) is 2.02. The summed E-state index contributed by atoms with van der Waals surface area (Å²) in [7, 11) is 0. The van der Waals surface area contributed by atoms with Gasteiger partial charge in [-0.05, 0) is 24.0 Å². The van der Waals surface area contributed by atoms with Gasteiger partial charge < -0.3 is 10.6 Å². The van der Waals surface area contributed by atoms with Crippen molar-refractivity contribution in [2.45, 2.75) is 37.8 Å². The molecule has 1 aliphatic heterocycles. The molecule has 0 bridgehead atoms. The van der Waals surface area contributed by atoms with Gasteiger partial charge in [0.25, 0.3) is 0 Å². The molecule has 1 aromatic carbocycles. The maximum absolute atomic E-state index is 3.69. The van der Waals surface area contributed by atoms with Crippen molar-refractivity contribution in [3.63, 3.8) is 0 Å². The maximum Gasteiger partial charge on any atom is 0.0208 e. The molecule has 0 amide bonds. The molecule has 16 heavy (non-hydrogen) atoms. The van der Waals surface area contributed by atoms with Gasteiger partial charge in [-0.15, -0.1) is 0 Å². The smallest absolute Gasteiger partial charge is 0.0208 e. The number of rotatable bonds is 3. The lowest BCUT2D eigenvalue weighted by atomic mass is 9.88. The molecule has 3 rings (SSSR count). The first-order valence-electron chi connectivity index (χ1n) is 6.45. The van der Waals surface area contributed by atoms with E-state index in [2.05, 4.69) is 34.9 Å². The van der Waals surface area contributed by atoms with Crippen molar-refractivity contribution in [3.05, 3.63) is 35.4 Å². The number of fused-ring (bicyclic) bond motifs is 1. The SMILES string of the molecule is c1ccc2c(c1)CNCC2CNC1CCC1. The van der Waals surface area contributed by atoms with E-state index in [-0.39, 0.29) is 0 Å². The van der Waals surface area contributed by atoms with E-state index in [1.54, 1.807) is 5.56 Å². The zero-order valence-electron chi connectivity index (χ0n) is 9.71. The van der Waals surface area contributed by atoms with Crippen molar-refractivity contribution in [2.75, 3.05) is 13.1 Å². The van der Waals surface area contributed by atoms with Gasteiger partial charge in [-0.2, -0.15) is 0 Å². The van der Waals surface area contributed by atoms with Crippen LogP contribution in [0.15, 0.2) is 24.3 Å². The summed E-state index contributed by atoms with van der Waals surface area (Å²) in [5.74, 6) is 0.658. The Bertz CT molecular complexity index is 358. The van der Waals surface area contributed by atoms with Gasteiger partial charge in [0.1, 0.15) is 0 Å². The summed E-state index contributed by atoms with van der Waals surface area (Å²) >= 11 is 0. The van der Waals surface area contributed by atoms with Crippen LogP contribution in [0.4, 0.5) is 0 Å². The minimum atomic E-state index is 0.658. The highest BCUT2D eigenvalue weighted by Gasteiger charge is 2.22. The van der Waals surface area contributed by atoms with Gasteiger partial charge in [0.05, 0.1) is 0 Å². The number of benzene rings is 1. The Morgan fingerprint density at radius 2 is 2.12 bits per heavy atom. The summed E-state index contributed by atoms with van der Waals surface area (Å²) in [6.07, 6.45) is 4.17. The van der Waals surface area contributed by atoms with Gasteiger partial charge in [0.15, 0.2) is 0 Å². The van der Waals surface area contributed by atoms with Gasteiger partial charge in [0.2, 0.25) is 0 Å². The second-order valence-electron chi connectivity index (χ2n) is 5.06. The molecule has 2 N–H and O–H groups in total. The zero-order chi connectivity index (χ0) is 10.8. The zero-order valence-corrected chi connectivity index (χ0v) is 9.71. The molecule has 2 nitrogen and oxygen atoms in total. The topological polar surface area (TPSA) is 24.1 Å². The third-order valence-corrected chi connectivity index (χ3v) is 3.96. The van der Waals surface area contributed by atoms with Crippen LogP contribution in [-0.2, 0) is 6.54 Å². The number of nitrogens with one attached hydrogen (secondary N) is 2. The molecule has 1 aromatic rings. The van der Waals surface area contributed by atoms with Gasteiger partial charge in [-0.3, -0.25) is 0 Å². The van der Waals surface area contributed by atoms with E-state index in [4.69, 9.17) is 0 Å². The molecule has 2 aliphatic rings. The largest absolute Gasteiger partial charge is 0.313 e. The van der Waals surface area contributed by atoms with Crippen molar-refractivity contribution in [3.8, 4) is 0 Å². The van der Waals surface area contributed by atoms with Crippen molar-refractivity contribution in [1.29, 1.82) is 0 Å². The second-order valence-corrected chi connectivity index (χ2v) is 5.06. The molecule has 1 unspecified atom stereocenters. The van der Waals surface area contributed by atoms with Crippen molar-refractivity contribution >= 4 is 0 Å². The lowest BCUT2D eigenvalue weighted by Gasteiger charge is -2.31. The van der Waals surface area contributed by atoms with Crippen molar-refractivity contribution < 1.29 is 0 Å². The van der Waals surface area contributed by atoms with E-state index < -0.39 is 0 Å². The third kappa shape index (κ3) is 2.00. The minimum Gasteiger partial charge on any atom is -0.313 e. The van der Waals surface area contributed by atoms with Crippen LogP contribution in [0.1, 0.15) is 36.3 Å². The molecule has 1 fully saturated rings. The van der Waals surface area contributed by atoms with Crippen LogP contribution in [0.3, 0.4) is 0 Å². The minimum absolute atomic E-state index is 0.658. The lowest BCUT2D eigenvalue weighted by Crippen LogP contribution is -2.41. The Labute approximate surface area is 97.4 Å². The monoisotopic (exact) mass is 216 g/mol. The molecule has 0 aromatic heterocycles. The summed E-state index contributed by atoms with van der Waals surface area (Å²) in [4.78, 5) is 0. The normalized spacial score (nSPS) is 24.9. The average molecular weight is 216 g/mol. The fourth-order valence-electron chi connectivity index (χ4n) is 2.69. The first-order valence-corrected chi connectivity index (χ1v) is 6.45. The van der Waals surface area contributed by atoms with E-state index >= 15 is 0 Å². The Kier molecular flexibility index (Phi) is 2.94. The van der Waals surface area contributed by atoms with E-state index in [9.17, 15) is 0 Å². The van der Waals surface area contributed by atoms with Crippen LogP contribution in [0.25, 0.3) is 0 Å². The van der Waals surface area contributed by atoms with Crippen molar-refractivity contribution in [2.24, 2.45) is 0 Å². The highest BCUT2D eigenvalue weighted by molar-refractivity contribution is 5.32. The van der Waals surface area contributed by atoms with Gasteiger partial charge in [-0.1, -0.05) is 30.7 Å². The molecular formula is C14H20N2. The number of hydrogen-bond donors (Lipinski definition) is 2. The van der Waals surface area contributed by atoms with E-state index in [1.165, 1.54) is 24.8 Å². The van der Waals surface area contributed by atoms with E-state index in [1.807, 2.05) is 0 Å². The fraction of sp³-hybridized carbons (Fsp3) is 0.571. The second kappa shape index (κ2) is 4.56. The Hall–Kier alpha value is -0.860. The molecule has 1 heterocycles. The summed E-state index contributed by atoms with van der Waals surface area (Å²) in [5, 5.41) is 7.20. The van der Waals surface area contributed by atoms with Crippen LogP contribution in [0.5, 0.6) is 0 Å². The lowest BCUT2D eigenvalue weighted by molar-refractivity contribution is 0.327. The van der Waals surface area contributed by atoms with Crippen LogP contribution >= 0.6 is 0 Å². The standard InChI is InChI=1S/C14H20N2/c1-2-7-14-11(4-1)8-15-9-12(14)10-16-13-5-3-6-13/h1-2,4,7,12-13,15-16H,3,5-6,8-10H2.